The first-order valence-corrected chi connectivity index (χ1v) is 5.36. The third-order valence-corrected chi connectivity index (χ3v) is 2.39. The molecule has 0 aromatic heterocycles. The first kappa shape index (κ1) is 12.8. The van der Waals surface area contributed by atoms with Gasteiger partial charge < -0.3 is 15.6 Å². The Hall–Kier alpha value is -1.26. The van der Waals surface area contributed by atoms with E-state index in [9.17, 15) is 4.79 Å². The number of nitrogen functional groups attached to an aromatic ring is 1. The molecule has 0 atom stereocenters. The molecule has 0 saturated carbocycles. The van der Waals surface area contributed by atoms with Crippen molar-refractivity contribution in [2.75, 3.05) is 18.9 Å². The lowest BCUT2D eigenvalue weighted by atomic mass is 10.2. The molecule has 4 nitrogen and oxygen atoms in total. The van der Waals surface area contributed by atoms with Gasteiger partial charge in [0.05, 0.1) is 22.9 Å². The Morgan fingerprint density at radius 1 is 1.44 bits per heavy atom. The maximum Gasteiger partial charge on any atom is 0.340 e. The van der Waals surface area contributed by atoms with Crippen LogP contribution in [-0.4, -0.2) is 24.3 Å². The number of carbonyl (C=O) groups excluding carboxylic acids is 1. The monoisotopic (exact) mass is 243 g/mol. The smallest absolute Gasteiger partial charge is 0.340 e. The van der Waals surface area contributed by atoms with E-state index in [-0.39, 0.29) is 24.5 Å². The average molecular weight is 244 g/mol. The van der Waals surface area contributed by atoms with Gasteiger partial charge >= 0.3 is 5.97 Å². The molecule has 0 fully saturated rings. The highest BCUT2D eigenvalue weighted by Crippen LogP contribution is 2.22. The second-order valence-corrected chi connectivity index (χ2v) is 3.67. The van der Waals surface area contributed by atoms with Gasteiger partial charge in [-0.3, -0.25) is 0 Å². The molecule has 0 amide bonds. The number of ether oxygens (including phenoxy) is 1. The fourth-order valence-electron chi connectivity index (χ4n) is 1.17. The zero-order chi connectivity index (χ0) is 12.0. The minimum Gasteiger partial charge on any atom is -0.462 e. The molecule has 0 radical (unpaired) electrons. The van der Waals surface area contributed by atoms with E-state index in [0.29, 0.717) is 17.9 Å². The SMILES string of the molecule is Nc1c(Cl)cccc1C(=O)OCCCCO. The van der Waals surface area contributed by atoms with Crippen molar-refractivity contribution in [3.05, 3.63) is 28.8 Å². The van der Waals surface area contributed by atoms with Crippen LogP contribution >= 0.6 is 11.6 Å². The zero-order valence-electron chi connectivity index (χ0n) is 8.78. The largest absolute Gasteiger partial charge is 0.462 e. The van der Waals surface area contributed by atoms with E-state index in [1.807, 2.05) is 0 Å². The summed E-state index contributed by atoms with van der Waals surface area (Å²) in [4.78, 5) is 11.6. The zero-order valence-corrected chi connectivity index (χ0v) is 9.54. The first-order valence-electron chi connectivity index (χ1n) is 4.98. The Morgan fingerprint density at radius 3 is 2.88 bits per heavy atom. The van der Waals surface area contributed by atoms with Gasteiger partial charge in [0.1, 0.15) is 0 Å². The van der Waals surface area contributed by atoms with Gasteiger partial charge in [0.2, 0.25) is 0 Å². The summed E-state index contributed by atoms with van der Waals surface area (Å²) in [6, 6.07) is 4.82. The van der Waals surface area contributed by atoms with Gasteiger partial charge in [-0.05, 0) is 25.0 Å². The van der Waals surface area contributed by atoms with Crippen molar-refractivity contribution < 1.29 is 14.6 Å². The number of esters is 1. The van der Waals surface area contributed by atoms with E-state index in [2.05, 4.69) is 0 Å². The van der Waals surface area contributed by atoms with Gasteiger partial charge in [0.25, 0.3) is 0 Å². The number of rotatable bonds is 5. The minimum atomic E-state index is -0.488. The second-order valence-electron chi connectivity index (χ2n) is 3.27. The van der Waals surface area contributed by atoms with E-state index in [0.717, 1.165) is 0 Å². The van der Waals surface area contributed by atoms with Crippen molar-refractivity contribution in [3.63, 3.8) is 0 Å². The summed E-state index contributed by atoms with van der Waals surface area (Å²) >= 11 is 5.78. The van der Waals surface area contributed by atoms with Crippen molar-refractivity contribution in [3.8, 4) is 0 Å². The number of hydrogen-bond acceptors (Lipinski definition) is 4. The topological polar surface area (TPSA) is 72.6 Å². The van der Waals surface area contributed by atoms with Crippen LogP contribution < -0.4 is 5.73 Å². The highest BCUT2D eigenvalue weighted by atomic mass is 35.5. The van der Waals surface area contributed by atoms with Gasteiger partial charge in [0, 0.05) is 6.61 Å². The summed E-state index contributed by atoms with van der Waals surface area (Å²) < 4.78 is 4.98. The molecule has 0 aliphatic carbocycles. The third-order valence-electron chi connectivity index (χ3n) is 2.06. The Morgan fingerprint density at radius 2 is 2.19 bits per heavy atom. The number of carbonyl (C=O) groups is 1. The minimum absolute atomic E-state index is 0.0941. The molecule has 1 rings (SSSR count). The highest BCUT2D eigenvalue weighted by molar-refractivity contribution is 6.33. The fraction of sp³-hybridized carbons (Fsp3) is 0.364. The van der Waals surface area contributed by atoms with E-state index in [1.54, 1.807) is 18.2 Å². The lowest BCUT2D eigenvalue weighted by Crippen LogP contribution is -2.09. The van der Waals surface area contributed by atoms with Crippen molar-refractivity contribution in [2.24, 2.45) is 0 Å². The fourth-order valence-corrected chi connectivity index (χ4v) is 1.35. The number of benzene rings is 1. The third kappa shape index (κ3) is 3.40. The second kappa shape index (κ2) is 6.35. The molecular formula is C11H14ClNO3. The predicted octanol–water partition coefficient (Wildman–Crippen LogP) is 1.85. The number of anilines is 1. The predicted molar refractivity (Wildman–Crippen MR) is 62.5 cm³/mol. The van der Waals surface area contributed by atoms with Crippen molar-refractivity contribution in [1.29, 1.82) is 0 Å². The lowest BCUT2D eigenvalue weighted by molar-refractivity contribution is 0.0494. The standard InChI is InChI=1S/C11H14ClNO3/c12-9-5-3-4-8(10(9)13)11(15)16-7-2-1-6-14/h3-5,14H,1-2,6-7,13H2. The van der Waals surface area contributed by atoms with E-state index in [4.69, 9.17) is 27.2 Å². The molecule has 0 aliphatic rings. The molecule has 3 N–H and O–H groups in total. The van der Waals surface area contributed by atoms with E-state index >= 15 is 0 Å². The number of aliphatic hydroxyl groups excluding tert-OH is 1. The Balaban J connectivity index is 2.56. The lowest BCUT2D eigenvalue weighted by Gasteiger charge is -2.07. The van der Waals surface area contributed by atoms with Crippen LogP contribution in [0.25, 0.3) is 0 Å². The van der Waals surface area contributed by atoms with Gasteiger partial charge in [0.15, 0.2) is 0 Å². The molecule has 1 aromatic rings. The van der Waals surface area contributed by atoms with Crippen molar-refractivity contribution >= 4 is 23.3 Å². The summed E-state index contributed by atoms with van der Waals surface area (Å²) in [6.45, 7) is 0.363. The van der Waals surface area contributed by atoms with Gasteiger partial charge in [-0.2, -0.15) is 0 Å². The van der Waals surface area contributed by atoms with Gasteiger partial charge in [-0.25, -0.2) is 4.79 Å². The first-order chi connectivity index (χ1) is 7.66. The van der Waals surface area contributed by atoms with Crippen molar-refractivity contribution in [1.82, 2.24) is 0 Å². The molecule has 0 bridgehead atoms. The molecule has 1 aromatic carbocycles. The molecule has 5 heteroatoms. The van der Waals surface area contributed by atoms with Crippen molar-refractivity contribution in [2.45, 2.75) is 12.8 Å². The highest BCUT2D eigenvalue weighted by Gasteiger charge is 2.12. The number of nitrogens with two attached hydrogens (primary N) is 1. The van der Waals surface area contributed by atoms with Crippen LogP contribution in [0.15, 0.2) is 18.2 Å². The maximum atomic E-state index is 11.6. The van der Waals surface area contributed by atoms with Crippen LogP contribution in [0, 0.1) is 0 Å². The van der Waals surface area contributed by atoms with Crippen LogP contribution in [0.4, 0.5) is 5.69 Å². The van der Waals surface area contributed by atoms with Gasteiger partial charge in [-0.1, -0.05) is 17.7 Å². The Labute approximate surface area is 99.0 Å². The Bertz CT molecular complexity index is 368. The Kier molecular flexibility index (Phi) is 5.08. The molecule has 16 heavy (non-hydrogen) atoms. The normalized spacial score (nSPS) is 10.1. The molecule has 0 spiro atoms. The number of unbranched alkanes of at least 4 members (excludes halogenated alkanes) is 1. The number of halogens is 1. The number of para-hydroxylation sites is 1. The maximum absolute atomic E-state index is 11.6. The molecule has 0 aliphatic heterocycles. The summed E-state index contributed by atoms with van der Waals surface area (Å²) in [5.41, 5.74) is 6.15. The molecule has 0 saturated heterocycles. The molecule has 0 unspecified atom stereocenters. The van der Waals surface area contributed by atoms with Crippen LogP contribution in [0.5, 0.6) is 0 Å². The molecule has 88 valence electrons. The number of aliphatic hydroxyl groups is 1. The molecule has 0 heterocycles. The summed E-state index contributed by atoms with van der Waals surface area (Å²) in [5.74, 6) is -0.488. The van der Waals surface area contributed by atoms with Crippen LogP contribution in [-0.2, 0) is 4.74 Å². The van der Waals surface area contributed by atoms with Crippen LogP contribution in [0.1, 0.15) is 23.2 Å². The van der Waals surface area contributed by atoms with E-state index < -0.39 is 5.97 Å². The van der Waals surface area contributed by atoms with E-state index in [1.165, 1.54) is 0 Å². The van der Waals surface area contributed by atoms with Gasteiger partial charge in [-0.15, -0.1) is 0 Å². The molecular weight excluding hydrogens is 230 g/mol. The summed E-state index contributed by atoms with van der Waals surface area (Å²) in [7, 11) is 0. The quantitative estimate of drug-likeness (QED) is 0.470. The van der Waals surface area contributed by atoms with Crippen LogP contribution in [0.2, 0.25) is 5.02 Å². The summed E-state index contributed by atoms with van der Waals surface area (Å²) in [5, 5.41) is 8.89. The number of hydrogen-bond donors (Lipinski definition) is 2. The average Bonchev–Trinajstić information content (AvgIpc) is 2.28. The summed E-state index contributed by atoms with van der Waals surface area (Å²) in [6.07, 6.45) is 1.24. The van der Waals surface area contributed by atoms with Crippen LogP contribution in [0.3, 0.4) is 0 Å².